The molecule has 32 heavy (non-hydrogen) atoms. The molecule has 0 saturated heterocycles. The summed E-state index contributed by atoms with van der Waals surface area (Å²) >= 11 is 0. The summed E-state index contributed by atoms with van der Waals surface area (Å²) in [5.41, 5.74) is 0.0311. The molecule has 0 aromatic heterocycles. The van der Waals surface area contributed by atoms with Gasteiger partial charge in [0.1, 0.15) is 0 Å². The first-order chi connectivity index (χ1) is 15.2. The van der Waals surface area contributed by atoms with Gasteiger partial charge in [-0.3, -0.25) is 4.79 Å². The number of nitrogens with zero attached hydrogens (tertiary/aromatic N) is 1. The Kier molecular flexibility index (Phi) is 10.2. The van der Waals surface area contributed by atoms with Crippen molar-refractivity contribution in [2.75, 3.05) is 47.1 Å². The van der Waals surface area contributed by atoms with Gasteiger partial charge in [0.25, 0.3) is 0 Å². The molecule has 0 aromatic carbocycles. The number of aliphatic hydroxyl groups is 1. The highest BCUT2D eigenvalue weighted by Crippen LogP contribution is 2.55. The van der Waals surface area contributed by atoms with Gasteiger partial charge in [-0.15, -0.1) is 0 Å². The van der Waals surface area contributed by atoms with Crippen molar-refractivity contribution in [3.8, 4) is 0 Å². The fraction of sp³-hybridized carbons (Fsp3) is 0.917. The second kappa shape index (κ2) is 12.2. The van der Waals surface area contributed by atoms with Gasteiger partial charge in [-0.05, 0) is 55.8 Å². The summed E-state index contributed by atoms with van der Waals surface area (Å²) in [6.45, 7) is 10.8. The molecule has 2 aliphatic carbocycles. The Hall–Kier alpha value is -1.38. The molecule has 3 N–H and O–H groups in total. The topological polar surface area (TPSA) is 100 Å². The van der Waals surface area contributed by atoms with Gasteiger partial charge >= 0.3 is 6.03 Å². The molecule has 2 rings (SSSR count). The molecule has 1 unspecified atom stereocenters. The van der Waals surface area contributed by atoms with E-state index in [4.69, 9.17) is 9.47 Å². The van der Waals surface area contributed by atoms with Crippen LogP contribution >= 0.6 is 0 Å². The van der Waals surface area contributed by atoms with E-state index in [1.165, 1.54) is 0 Å². The summed E-state index contributed by atoms with van der Waals surface area (Å²) in [5, 5.41) is 17.5. The van der Waals surface area contributed by atoms with Gasteiger partial charge in [0.15, 0.2) is 0 Å². The first-order valence-electron chi connectivity index (χ1n) is 12.2. The van der Waals surface area contributed by atoms with E-state index in [-0.39, 0.29) is 47.1 Å². The van der Waals surface area contributed by atoms with E-state index < -0.39 is 6.10 Å². The molecule has 2 saturated carbocycles. The van der Waals surface area contributed by atoms with Crippen LogP contribution in [-0.4, -0.2) is 81.2 Å². The fourth-order valence-electron chi connectivity index (χ4n) is 6.08. The van der Waals surface area contributed by atoms with E-state index in [1.807, 2.05) is 13.8 Å². The lowest BCUT2D eigenvalue weighted by atomic mass is 9.51. The summed E-state index contributed by atoms with van der Waals surface area (Å²) in [7, 11) is 3.26. The molecule has 0 radical (unpaired) electrons. The zero-order chi connectivity index (χ0) is 23.9. The van der Waals surface area contributed by atoms with E-state index in [9.17, 15) is 14.7 Å². The molecular formula is C24H45N3O5. The number of carbonyl (C=O) groups excluding carboxylic acids is 2. The molecule has 0 aromatic rings. The van der Waals surface area contributed by atoms with Crippen LogP contribution in [0, 0.1) is 29.1 Å². The number of aliphatic hydroxyl groups excluding tert-OH is 1. The monoisotopic (exact) mass is 455 g/mol. The van der Waals surface area contributed by atoms with Crippen LogP contribution in [0.15, 0.2) is 0 Å². The number of hydrogen-bond acceptors (Lipinski definition) is 5. The normalized spacial score (nSPS) is 33.2. The largest absolute Gasteiger partial charge is 0.392 e. The molecule has 2 aliphatic rings. The summed E-state index contributed by atoms with van der Waals surface area (Å²) in [5.74, 6) is -0.156. The summed E-state index contributed by atoms with van der Waals surface area (Å²) in [4.78, 5) is 27.3. The van der Waals surface area contributed by atoms with Crippen molar-refractivity contribution >= 4 is 11.9 Å². The SMILES string of the molecule is CCNC(=O)N[C@H]1CC[C@]2(C)CCC([C@H](C)C(=O)N(CCOC)CCOC)[C@H](O)[C@H]2[C@@H]1C. The first kappa shape index (κ1) is 26.9. The number of carbonyl (C=O) groups is 2. The van der Waals surface area contributed by atoms with Crippen LogP contribution < -0.4 is 10.6 Å². The minimum atomic E-state index is -0.576. The summed E-state index contributed by atoms with van der Waals surface area (Å²) in [6.07, 6.45) is 3.14. The van der Waals surface area contributed by atoms with Crippen LogP contribution in [0.4, 0.5) is 4.79 Å². The predicted molar refractivity (Wildman–Crippen MR) is 124 cm³/mol. The predicted octanol–water partition coefficient (Wildman–Crippen LogP) is 2.25. The number of hydrogen-bond donors (Lipinski definition) is 3. The summed E-state index contributed by atoms with van der Waals surface area (Å²) in [6, 6.07) is -0.121. The number of urea groups is 1. The van der Waals surface area contributed by atoms with Crippen molar-refractivity contribution in [2.24, 2.45) is 29.1 Å². The number of ether oxygens (including phenoxy) is 2. The van der Waals surface area contributed by atoms with E-state index in [0.717, 1.165) is 25.7 Å². The van der Waals surface area contributed by atoms with Crippen LogP contribution in [0.5, 0.6) is 0 Å². The molecule has 0 heterocycles. The van der Waals surface area contributed by atoms with Crippen molar-refractivity contribution in [2.45, 2.75) is 65.5 Å². The molecule has 8 heteroatoms. The van der Waals surface area contributed by atoms with E-state index in [2.05, 4.69) is 24.5 Å². The minimum absolute atomic E-state index is 0.0268. The van der Waals surface area contributed by atoms with E-state index in [0.29, 0.717) is 32.8 Å². The molecule has 8 nitrogen and oxygen atoms in total. The van der Waals surface area contributed by atoms with E-state index >= 15 is 0 Å². The Balaban J connectivity index is 2.14. The van der Waals surface area contributed by atoms with Gasteiger partial charge in [-0.25, -0.2) is 4.79 Å². The minimum Gasteiger partial charge on any atom is -0.392 e. The Morgan fingerprint density at radius 2 is 1.75 bits per heavy atom. The van der Waals surface area contributed by atoms with Crippen molar-refractivity contribution in [3.05, 3.63) is 0 Å². The Morgan fingerprint density at radius 1 is 1.16 bits per heavy atom. The maximum absolute atomic E-state index is 13.3. The third-order valence-electron chi connectivity index (χ3n) is 8.02. The average molecular weight is 456 g/mol. The Morgan fingerprint density at radius 3 is 2.31 bits per heavy atom. The lowest BCUT2D eigenvalue weighted by Gasteiger charge is -2.56. The lowest BCUT2D eigenvalue weighted by molar-refractivity contribution is -0.151. The average Bonchev–Trinajstić information content (AvgIpc) is 2.75. The zero-order valence-corrected chi connectivity index (χ0v) is 20.9. The quantitative estimate of drug-likeness (QED) is 0.469. The third-order valence-corrected chi connectivity index (χ3v) is 8.02. The number of methoxy groups -OCH3 is 2. The number of amides is 3. The van der Waals surface area contributed by atoms with Crippen molar-refractivity contribution < 1.29 is 24.2 Å². The lowest BCUT2D eigenvalue weighted by Crippen LogP contribution is -2.59. The van der Waals surface area contributed by atoms with Crippen molar-refractivity contribution in [1.82, 2.24) is 15.5 Å². The summed E-state index contributed by atoms with van der Waals surface area (Å²) < 4.78 is 10.4. The Bertz CT molecular complexity index is 610. The van der Waals surface area contributed by atoms with Gasteiger partial charge in [-0.2, -0.15) is 0 Å². The zero-order valence-electron chi connectivity index (χ0n) is 20.9. The van der Waals surface area contributed by atoms with Crippen LogP contribution in [0.1, 0.15) is 53.4 Å². The maximum atomic E-state index is 13.3. The highest BCUT2D eigenvalue weighted by atomic mass is 16.5. The molecule has 0 aliphatic heterocycles. The Labute approximate surface area is 193 Å². The molecule has 0 spiro atoms. The van der Waals surface area contributed by atoms with Gasteiger partial charge in [0.2, 0.25) is 5.91 Å². The van der Waals surface area contributed by atoms with Gasteiger partial charge in [0, 0.05) is 45.8 Å². The standard InChI is InChI=1S/C24H45N3O5/c1-7-25-23(30)26-19-9-11-24(4)10-8-18(21(28)20(24)17(19)3)16(2)22(29)27(12-14-31-5)13-15-32-6/h16-21,28H,7-15H2,1-6H3,(H2,25,26,30)/t16-,17+,18?,19-,20+,21-,24-/m0/s1. The molecule has 186 valence electrons. The highest BCUT2D eigenvalue weighted by Gasteiger charge is 2.54. The van der Waals surface area contributed by atoms with Gasteiger partial charge < -0.3 is 30.1 Å². The second-order valence-corrected chi connectivity index (χ2v) is 9.98. The van der Waals surface area contributed by atoms with E-state index in [1.54, 1.807) is 19.1 Å². The smallest absolute Gasteiger partial charge is 0.315 e. The molecule has 3 amide bonds. The van der Waals surface area contributed by atoms with Crippen LogP contribution in [0.3, 0.4) is 0 Å². The molecular weight excluding hydrogens is 410 g/mol. The molecule has 7 atom stereocenters. The second-order valence-electron chi connectivity index (χ2n) is 9.98. The van der Waals surface area contributed by atoms with Crippen LogP contribution in [0.2, 0.25) is 0 Å². The molecule has 0 bridgehead atoms. The third kappa shape index (κ3) is 6.14. The maximum Gasteiger partial charge on any atom is 0.315 e. The van der Waals surface area contributed by atoms with Crippen molar-refractivity contribution in [1.29, 1.82) is 0 Å². The van der Waals surface area contributed by atoms with Crippen LogP contribution in [0.25, 0.3) is 0 Å². The first-order valence-corrected chi connectivity index (χ1v) is 12.2. The van der Waals surface area contributed by atoms with Gasteiger partial charge in [-0.1, -0.05) is 20.8 Å². The highest BCUT2D eigenvalue weighted by molar-refractivity contribution is 5.79. The number of rotatable bonds is 10. The number of fused-ring (bicyclic) bond motifs is 1. The van der Waals surface area contributed by atoms with Gasteiger partial charge in [0.05, 0.1) is 19.3 Å². The number of nitrogens with one attached hydrogen (secondary N) is 2. The molecule has 2 fully saturated rings. The fourth-order valence-corrected chi connectivity index (χ4v) is 6.08. The van der Waals surface area contributed by atoms with Crippen molar-refractivity contribution in [3.63, 3.8) is 0 Å². The van der Waals surface area contributed by atoms with Crippen LogP contribution in [-0.2, 0) is 14.3 Å².